The average molecular weight is 487 g/mol. The van der Waals surface area contributed by atoms with Gasteiger partial charge in [0.2, 0.25) is 0 Å². The van der Waals surface area contributed by atoms with Crippen LogP contribution in [0.5, 0.6) is 0 Å². The number of aliphatic hydroxyl groups is 3. The number of halogens is 1. The quantitative estimate of drug-likeness (QED) is 0.175. The van der Waals surface area contributed by atoms with Crippen molar-refractivity contribution in [3.63, 3.8) is 0 Å². The second-order valence-corrected chi connectivity index (χ2v) is 9.48. The lowest BCUT2D eigenvalue weighted by atomic mass is 9.84. The molecule has 0 spiro atoms. The summed E-state index contributed by atoms with van der Waals surface area (Å²) >= 11 is 6.60. The minimum Gasteiger partial charge on any atom is -0.463 e. The summed E-state index contributed by atoms with van der Waals surface area (Å²) in [6.45, 7) is -0.110. The molecule has 1 aliphatic carbocycles. The summed E-state index contributed by atoms with van der Waals surface area (Å²) in [4.78, 5) is 11.5. The summed E-state index contributed by atoms with van der Waals surface area (Å²) in [6.07, 6.45) is 6.70. The molecule has 0 amide bonds. The highest BCUT2D eigenvalue weighted by molar-refractivity contribution is 6.21. The lowest BCUT2D eigenvalue weighted by molar-refractivity contribution is -0.144. The zero-order chi connectivity index (χ0) is 24.3. The second-order valence-electron chi connectivity index (χ2n) is 8.92. The van der Waals surface area contributed by atoms with E-state index in [1.807, 2.05) is 60.7 Å². The first kappa shape index (κ1) is 26.4. The number of benzene rings is 2. The molecule has 3 rings (SSSR count). The van der Waals surface area contributed by atoms with Crippen molar-refractivity contribution < 1.29 is 24.9 Å². The fourth-order valence-electron chi connectivity index (χ4n) is 4.69. The van der Waals surface area contributed by atoms with Crippen molar-refractivity contribution in [2.45, 2.75) is 62.0 Å². The average Bonchev–Trinajstić information content (AvgIpc) is 3.13. The highest BCUT2D eigenvalue weighted by Gasteiger charge is 2.41. The predicted molar refractivity (Wildman–Crippen MR) is 134 cm³/mol. The van der Waals surface area contributed by atoms with Crippen molar-refractivity contribution in [2.75, 3.05) is 13.2 Å². The number of unbranched alkanes of at least 4 members (excludes halogenated alkanes) is 1. The van der Waals surface area contributed by atoms with Gasteiger partial charge in [-0.15, -0.1) is 11.6 Å². The standard InChI is InChI=1S/C28H35ClO5/c29-24-19-26(32)28(23(24)10-6-1-2-7-11-27(33)34-17-16-30)22-14-12-21(13-15-22)25(31)18-20-8-4-3-5-9-20/h1,3-6,8-9,12-15,23-26,28,30-32H,2,7,10-11,16-19H2/b6-1-/t23-,24+,25?,26+,28+/m0/s1. The number of ether oxygens (including phenoxy) is 1. The third kappa shape index (κ3) is 7.67. The van der Waals surface area contributed by atoms with Gasteiger partial charge in [0.25, 0.3) is 0 Å². The van der Waals surface area contributed by atoms with E-state index in [9.17, 15) is 15.0 Å². The van der Waals surface area contributed by atoms with Gasteiger partial charge in [0.15, 0.2) is 0 Å². The molecule has 2 aromatic carbocycles. The fraction of sp³-hybridized carbons (Fsp3) is 0.464. The number of carbonyl (C=O) groups is 1. The minimum absolute atomic E-state index is 0.0458. The van der Waals surface area contributed by atoms with Crippen LogP contribution in [0.15, 0.2) is 66.7 Å². The van der Waals surface area contributed by atoms with E-state index < -0.39 is 12.2 Å². The van der Waals surface area contributed by atoms with Crippen LogP contribution < -0.4 is 0 Å². The van der Waals surface area contributed by atoms with Crippen LogP contribution in [0.2, 0.25) is 0 Å². The Kier molecular flexibility index (Phi) is 10.6. The molecule has 6 heteroatoms. The largest absolute Gasteiger partial charge is 0.463 e. The first-order valence-electron chi connectivity index (χ1n) is 12.0. The van der Waals surface area contributed by atoms with E-state index in [0.29, 0.717) is 25.7 Å². The first-order valence-corrected chi connectivity index (χ1v) is 12.5. The topological polar surface area (TPSA) is 87.0 Å². The van der Waals surface area contributed by atoms with Gasteiger partial charge in [-0.05, 0) is 48.3 Å². The summed E-state index contributed by atoms with van der Waals surface area (Å²) in [7, 11) is 0. The number of alkyl halides is 1. The van der Waals surface area contributed by atoms with Gasteiger partial charge in [0, 0.05) is 24.1 Å². The number of aliphatic hydroxyl groups excluding tert-OH is 3. The van der Waals surface area contributed by atoms with Crippen LogP contribution in [0.25, 0.3) is 0 Å². The zero-order valence-corrected chi connectivity index (χ0v) is 20.2. The maximum absolute atomic E-state index is 11.5. The molecule has 2 aromatic rings. The van der Waals surface area contributed by atoms with E-state index in [-0.39, 0.29) is 36.4 Å². The van der Waals surface area contributed by atoms with Crippen LogP contribution in [0.3, 0.4) is 0 Å². The monoisotopic (exact) mass is 486 g/mol. The number of allylic oxidation sites excluding steroid dienone is 2. The summed E-state index contributed by atoms with van der Waals surface area (Å²) < 4.78 is 4.85. The summed E-state index contributed by atoms with van der Waals surface area (Å²) in [5, 5.41) is 29.9. The zero-order valence-electron chi connectivity index (χ0n) is 19.4. The lowest BCUT2D eigenvalue weighted by Gasteiger charge is -2.23. The third-order valence-corrected chi connectivity index (χ3v) is 6.97. The Morgan fingerprint density at radius 3 is 2.56 bits per heavy atom. The van der Waals surface area contributed by atoms with Gasteiger partial charge < -0.3 is 20.1 Å². The van der Waals surface area contributed by atoms with Crippen molar-refractivity contribution in [2.24, 2.45) is 5.92 Å². The van der Waals surface area contributed by atoms with E-state index >= 15 is 0 Å². The number of rotatable bonds is 12. The molecule has 1 fully saturated rings. The fourth-order valence-corrected chi connectivity index (χ4v) is 5.13. The van der Waals surface area contributed by atoms with E-state index in [2.05, 4.69) is 6.08 Å². The number of hydrogen-bond donors (Lipinski definition) is 3. The minimum atomic E-state index is -0.578. The molecule has 0 aromatic heterocycles. The predicted octanol–water partition coefficient (Wildman–Crippen LogP) is 4.69. The Morgan fingerprint density at radius 2 is 1.85 bits per heavy atom. The molecular formula is C28H35ClO5. The van der Waals surface area contributed by atoms with E-state index in [4.69, 9.17) is 21.4 Å². The molecule has 0 saturated heterocycles. The number of hydrogen-bond acceptors (Lipinski definition) is 5. The van der Waals surface area contributed by atoms with E-state index in [1.165, 1.54) is 0 Å². The second kappa shape index (κ2) is 13.6. The van der Waals surface area contributed by atoms with Gasteiger partial charge in [-0.2, -0.15) is 0 Å². The molecule has 0 heterocycles. The van der Waals surface area contributed by atoms with Crippen LogP contribution in [0.1, 0.15) is 60.8 Å². The SMILES string of the molecule is O=C(CCC/C=C\C[C@@H]1[C@@H](c2ccc(C(O)Cc3ccccc3)cc2)[C@H](O)C[C@H]1Cl)OCCO. The van der Waals surface area contributed by atoms with Crippen molar-refractivity contribution >= 4 is 17.6 Å². The number of esters is 1. The van der Waals surface area contributed by atoms with Crippen LogP contribution in [0, 0.1) is 5.92 Å². The molecule has 184 valence electrons. The maximum atomic E-state index is 11.5. The third-order valence-electron chi connectivity index (χ3n) is 6.47. The Hall–Kier alpha value is -2.18. The van der Waals surface area contributed by atoms with E-state index in [0.717, 1.165) is 29.5 Å². The summed E-state index contributed by atoms with van der Waals surface area (Å²) in [5.74, 6) is -0.233. The lowest BCUT2D eigenvalue weighted by Crippen LogP contribution is -2.18. The van der Waals surface area contributed by atoms with Gasteiger partial charge >= 0.3 is 5.97 Å². The Labute approximate surface area is 207 Å². The molecule has 3 N–H and O–H groups in total. The van der Waals surface area contributed by atoms with Gasteiger partial charge in [0.1, 0.15) is 6.61 Å². The van der Waals surface area contributed by atoms with Crippen LogP contribution in [-0.4, -0.2) is 46.0 Å². The van der Waals surface area contributed by atoms with Crippen LogP contribution in [-0.2, 0) is 16.0 Å². The smallest absolute Gasteiger partial charge is 0.305 e. The van der Waals surface area contributed by atoms with E-state index in [1.54, 1.807) is 0 Å². The van der Waals surface area contributed by atoms with Crippen LogP contribution in [0.4, 0.5) is 0 Å². The van der Waals surface area contributed by atoms with Gasteiger partial charge in [-0.3, -0.25) is 4.79 Å². The van der Waals surface area contributed by atoms with Crippen LogP contribution >= 0.6 is 11.6 Å². The highest BCUT2D eigenvalue weighted by Crippen LogP contribution is 2.45. The van der Waals surface area contributed by atoms with Gasteiger partial charge in [-0.25, -0.2) is 0 Å². The van der Waals surface area contributed by atoms with Gasteiger partial charge in [-0.1, -0.05) is 66.7 Å². The van der Waals surface area contributed by atoms with Crippen molar-refractivity contribution in [1.82, 2.24) is 0 Å². The highest BCUT2D eigenvalue weighted by atomic mass is 35.5. The molecule has 1 saturated carbocycles. The Bertz CT molecular complexity index is 899. The molecule has 5 atom stereocenters. The maximum Gasteiger partial charge on any atom is 0.305 e. The summed E-state index contributed by atoms with van der Waals surface area (Å²) in [5.41, 5.74) is 2.98. The molecule has 0 bridgehead atoms. The number of carbonyl (C=O) groups excluding carboxylic acids is 1. The van der Waals surface area contributed by atoms with Crippen molar-refractivity contribution in [1.29, 1.82) is 0 Å². The molecule has 1 unspecified atom stereocenters. The summed E-state index contributed by atoms with van der Waals surface area (Å²) in [6, 6.07) is 17.8. The van der Waals surface area contributed by atoms with Crippen molar-refractivity contribution in [3.05, 3.63) is 83.4 Å². The Morgan fingerprint density at radius 1 is 1.12 bits per heavy atom. The molecule has 0 aliphatic heterocycles. The van der Waals surface area contributed by atoms with Gasteiger partial charge in [0.05, 0.1) is 18.8 Å². The molecule has 34 heavy (non-hydrogen) atoms. The molecule has 1 aliphatic rings. The van der Waals surface area contributed by atoms with Crippen molar-refractivity contribution in [3.8, 4) is 0 Å². The molecule has 0 radical (unpaired) electrons. The molecule has 5 nitrogen and oxygen atoms in total. The first-order chi connectivity index (χ1) is 16.5. The molecular weight excluding hydrogens is 452 g/mol. The Balaban J connectivity index is 1.54. The normalized spacial score (nSPS) is 23.3.